The predicted octanol–water partition coefficient (Wildman–Crippen LogP) is 2.18. The number of nitrogens with zero attached hydrogens (tertiary/aromatic N) is 3. The molecule has 0 atom stereocenters. The number of benzene rings is 1. The maximum Gasteiger partial charge on any atom is 0.224 e. The molecule has 128 valence electrons. The van der Waals surface area contributed by atoms with E-state index in [4.69, 9.17) is 0 Å². The number of hydrogen-bond acceptors (Lipinski definition) is 4. The highest BCUT2D eigenvalue weighted by Crippen LogP contribution is 2.09. The second kappa shape index (κ2) is 8.05. The summed E-state index contributed by atoms with van der Waals surface area (Å²) < 4.78 is 15.4. The molecule has 0 aliphatic carbocycles. The molecule has 2 aromatic heterocycles. The quantitative estimate of drug-likeness (QED) is 0.647. The van der Waals surface area contributed by atoms with Crippen LogP contribution in [0.5, 0.6) is 0 Å². The lowest BCUT2D eigenvalue weighted by molar-refractivity contribution is -0.120. The monoisotopic (exact) mass is 339 g/mol. The van der Waals surface area contributed by atoms with Crippen molar-refractivity contribution in [3.8, 4) is 5.82 Å². The molecule has 0 fully saturated rings. The van der Waals surface area contributed by atoms with Gasteiger partial charge < -0.3 is 15.2 Å². The maximum absolute atomic E-state index is 13.5. The van der Waals surface area contributed by atoms with Gasteiger partial charge in [-0.1, -0.05) is 18.2 Å². The lowest BCUT2D eigenvalue weighted by atomic mass is 10.1. The Morgan fingerprint density at radius 3 is 2.68 bits per heavy atom. The molecule has 7 heteroatoms. The van der Waals surface area contributed by atoms with Crippen molar-refractivity contribution in [1.82, 2.24) is 19.9 Å². The average molecular weight is 339 g/mol. The van der Waals surface area contributed by atoms with E-state index in [1.54, 1.807) is 18.2 Å². The van der Waals surface area contributed by atoms with E-state index in [2.05, 4.69) is 20.6 Å². The zero-order valence-corrected chi connectivity index (χ0v) is 13.5. The minimum atomic E-state index is -0.366. The number of hydrogen-bond donors (Lipinski definition) is 2. The first-order valence-corrected chi connectivity index (χ1v) is 7.92. The molecule has 6 nitrogen and oxygen atoms in total. The van der Waals surface area contributed by atoms with Crippen LogP contribution in [-0.4, -0.2) is 33.5 Å². The fraction of sp³-hybridized carbons (Fsp3) is 0.167. The van der Waals surface area contributed by atoms with Crippen molar-refractivity contribution in [3.05, 3.63) is 72.6 Å². The lowest BCUT2D eigenvalue weighted by Gasteiger charge is -2.09. The molecular formula is C18H18FN5O. The minimum Gasteiger partial charge on any atom is -0.368 e. The van der Waals surface area contributed by atoms with Gasteiger partial charge >= 0.3 is 0 Å². The number of aromatic nitrogens is 3. The van der Waals surface area contributed by atoms with Crippen LogP contribution in [0.3, 0.4) is 0 Å². The molecule has 0 spiro atoms. The van der Waals surface area contributed by atoms with Gasteiger partial charge in [-0.25, -0.2) is 14.4 Å². The lowest BCUT2D eigenvalue weighted by Crippen LogP contribution is -2.30. The standard InChI is InChI=1S/C18H18FN5O/c19-15-6-2-1-5-14(15)11-18(25)21-8-7-20-16-12-17(23-13-22-16)24-9-3-4-10-24/h1-6,9-10,12-13H,7-8,11H2,(H,21,25)(H,20,22,23). The van der Waals surface area contributed by atoms with Gasteiger partial charge in [0.25, 0.3) is 0 Å². The van der Waals surface area contributed by atoms with E-state index in [0.717, 1.165) is 5.82 Å². The van der Waals surface area contributed by atoms with Crippen molar-refractivity contribution in [3.63, 3.8) is 0 Å². The molecular weight excluding hydrogens is 321 g/mol. The molecule has 3 rings (SSSR count). The van der Waals surface area contributed by atoms with Crippen molar-refractivity contribution in [2.24, 2.45) is 0 Å². The summed E-state index contributed by atoms with van der Waals surface area (Å²) in [6, 6.07) is 11.9. The van der Waals surface area contributed by atoms with Gasteiger partial charge in [0.2, 0.25) is 5.91 Å². The van der Waals surface area contributed by atoms with Crippen molar-refractivity contribution in [1.29, 1.82) is 0 Å². The average Bonchev–Trinajstić information content (AvgIpc) is 3.16. The summed E-state index contributed by atoms with van der Waals surface area (Å²) in [6.07, 6.45) is 5.30. The van der Waals surface area contributed by atoms with Crippen LogP contribution in [0.2, 0.25) is 0 Å². The molecule has 0 aliphatic heterocycles. The molecule has 0 saturated heterocycles. The summed E-state index contributed by atoms with van der Waals surface area (Å²) in [4.78, 5) is 20.2. The molecule has 0 radical (unpaired) electrons. The predicted molar refractivity (Wildman–Crippen MR) is 93.0 cm³/mol. The molecule has 1 aromatic carbocycles. The van der Waals surface area contributed by atoms with Crippen LogP contribution in [0.4, 0.5) is 10.2 Å². The number of carbonyl (C=O) groups excluding carboxylic acids is 1. The van der Waals surface area contributed by atoms with Crippen LogP contribution in [0, 0.1) is 5.82 Å². The van der Waals surface area contributed by atoms with Crippen molar-refractivity contribution >= 4 is 11.7 Å². The minimum absolute atomic E-state index is 0.0258. The van der Waals surface area contributed by atoms with Crippen molar-refractivity contribution < 1.29 is 9.18 Å². The topological polar surface area (TPSA) is 71.8 Å². The molecule has 0 aliphatic rings. The highest BCUT2D eigenvalue weighted by atomic mass is 19.1. The zero-order valence-electron chi connectivity index (χ0n) is 13.5. The first-order chi connectivity index (χ1) is 12.2. The third-order valence-corrected chi connectivity index (χ3v) is 3.58. The van der Waals surface area contributed by atoms with E-state index >= 15 is 0 Å². The molecule has 25 heavy (non-hydrogen) atoms. The first kappa shape index (κ1) is 16.6. The number of halogens is 1. The number of nitrogens with one attached hydrogen (secondary N) is 2. The van der Waals surface area contributed by atoms with Gasteiger partial charge in [-0.3, -0.25) is 4.79 Å². The normalized spacial score (nSPS) is 10.4. The molecule has 2 heterocycles. The Balaban J connectivity index is 1.45. The molecule has 0 saturated carbocycles. The number of anilines is 1. The summed E-state index contributed by atoms with van der Waals surface area (Å²) in [5, 5.41) is 5.88. The van der Waals surface area contributed by atoms with Crippen LogP contribution < -0.4 is 10.6 Å². The van der Waals surface area contributed by atoms with E-state index in [9.17, 15) is 9.18 Å². The SMILES string of the molecule is O=C(Cc1ccccc1F)NCCNc1cc(-n2cccc2)ncn1. The Morgan fingerprint density at radius 2 is 1.88 bits per heavy atom. The second-order valence-corrected chi connectivity index (χ2v) is 5.40. The number of amides is 1. The Kier molecular flexibility index (Phi) is 5.36. The third-order valence-electron chi connectivity index (χ3n) is 3.58. The van der Waals surface area contributed by atoms with E-state index in [1.165, 1.54) is 12.4 Å². The van der Waals surface area contributed by atoms with Gasteiger partial charge in [-0.05, 0) is 23.8 Å². The van der Waals surface area contributed by atoms with Crippen LogP contribution in [0.25, 0.3) is 5.82 Å². The molecule has 3 aromatic rings. The van der Waals surface area contributed by atoms with Crippen molar-refractivity contribution in [2.75, 3.05) is 18.4 Å². The highest BCUT2D eigenvalue weighted by molar-refractivity contribution is 5.78. The molecule has 2 N–H and O–H groups in total. The fourth-order valence-corrected chi connectivity index (χ4v) is 2.34. The van der Waals surface area contributed by atoms with Crippen LogP contribution in [-0.2, 0) is 11.2 Å². The van der Waals surface area contributed by atoms with Crippen LogP contribution in [0.15, 0.2) is 61.2 Å². The van der Waals surface area contributed by atoms with Gasteiger partial charge in [-0.2, -0.15) is 0 Å². The number of rotatable bonds is 7. The Labute approximate surface area is 144 Å². The summed E-state index contributed by atoms with van der Waals surface area (Å²) in [6.45, 7) is 0.918. The molecule has 1 amide bonds. The van der Waals surface area contributed by atoms with Gasteiger partial charge in [-0.15, -0.1) is 0 Å². The molecule has 0 bridgehead atoms. The first-order valence-electron chi connectivity index (χ1n) is 7.92. The highest BCUT2D eigenvalue weighted by Gasteiger charge is 2.07. The Morgan fingerprint density at radius 1 is 1.08 bits per heavy atom. The summed E-state index contributed by atoms with van der Waals surface area (Å²) in [5.41, 5.74) is 0.389. The van der Waals surface area contributed by atoms with E-state index in [0.29, 0.717) is 24.5 Å². The summed E-state index contributed by atoms with van der Waals surface area (Å²) >= 11 is 0. The number of carbonyl (C=O) groups is 1. The summed E-state index contributed by atoms with van der Waals surface area (Å²) in [5.74, 6) is 0.838. The summed E-state index contributed by atoms with van der Waals surface area (Å²) in [7, 11) is 0. The third kappa shape index (κ3) is 4.63. The fourth-order valence-electron chi connectivity index (χ4n) is 2.34. The molecule has 0 unspecified atom stereocenters. The maximum atomic E-state index is 13.5. The zero-order chi connectivity index (χ0) is 17.5. The van der Waals surface area contributed by atoms with Gasteiger partial charge in [0.1, 0.15) is 23.8 Å². The smallest absolute Gasteiger partial charge is 0.224 e. The largest absolute Gasteiger partial charge is 0.368 e. The van der Waals surface area contributed by atoms with Crippen LogP contribution in [0.1, 0.15) is 5.56 Å². The Hall–Kier alpha value is -3.22. The van der Waals surface area contributed by atoms with Crippen molar-refractivity contribution in [2.45, 2.75) is 6.42 Å². The van der Waals surface area contributed by atoms with Gasteiger partial charge in [0, 0.05) is 31.5 Å². The van der Waals surface area contributed by atoms with E-state index < -0.39 is 0 Å². The van der Waals surface area contributed by atoms with Gasteiger partial charge in [0.05, 0.1) is 6.42 Å². The van der Waals surface area contributed by atoms with Crippen LogP contribution >= 0.6 is 0 Å². The van der Waals surface area contributed by atoms with Gasteiger partial charge in [0.15, 0.2) is 0 Å². The second-order valence-electron chi connectivity index (χ2n) is 5.40. The van der Waals surface area contributed by atoms with E-state index in [1.807, 2.05) is 35.2 Å². The Bertz CT molecular complexity index is 835. The van der Waals surface area contributed by atoms with E-state index in [-0.39, 0.29) is 18.1 Å².